The smallest absolute Gasteiger partial charge is 0.354 e. The molecular formula is C14H14N2O5S2. The number of ether oxygens (including phenoxy) is 1. The van der Waals surface area contributed by atoms with Crippen LogP contribution < -0.4 is 10.6 Å². The number of esters is 1. The molecule has 2 atom stereocenters. The third kappa shape index (κ3) is 3.50. The summed E-state index contributed by atoms with van der Waals surface area (Å²) in [5.74, 6) is -1.48. The lowest BCUT2D eigenvalue weighted by molar-refractivity contribution is -0.142. The maximum absolute atomic E-state index is 12.1. The number of hydrogen-bond acceptors (Lipinski definition) is 7. The lowest BCUT2D eigenvalue weighted by Crippen LogP contribution is -2.54. The van der Waals surface area contributed by atoms with Gasteiger partial charge in [0, 0.05) is 16.2 Å². The first-order chi connectivity index (χ1) is 11.0. The van der Waals surface area contributed by atoms with E-state index in [0.29, 0.717) is 11.4 Å². The summed E-state index contributed by atoms with van der Waals surface area (Å²) in [6, 6.07) is 2.52. The van der Waals surface area contributed by atoms with Gasteiger partial charge in [-0.25, -0.2) is 9.59 Å². The van der Waals surface area contributed by atoms with E-state index in [2.05, 4.69) is 10.6 Å². The number of carbonyl (C=O) groups is 3. The molecule has 0 spiro atoms. The number of carbonyl (C=O) groups excluding carboxylic acids is 2. The summed E-state index contributed by atoms with van der Waals surface area (Å²) < 4.78 is 4.92. The average Bonchev–Trinajstić information content (AvgIpc) is 3.15. The Morgan fingerprint density at radius 3 is 3.04 bits per heavy atom. The number of carboxylic acids is 1. The molecule has 9 heteroatoms. The number of amides is 1. The molecule has 1 aromatic rings. The van der Waals surface area contributed by atoms with Gasteiger partial charge in [-0.1, -0.05) is 6.07 Å². The third-order valence-electron chi connectivity index (χ3n) is 3.46. The second-order valence-electron chi connectivity index (χ2n) is 5.07. The molecule has 0 bridgehead atoms. The number of carboxylic acid groups (broad SMARTS) is 1. The molecule has 3 N–H and O–H groups in total. The van der Waals surface area contributed by atoms with Gasteiger partial charge in [0.05, 0.1) is 6.42 Å². The van der Waals surface area contributed by atoms with Crippen LogP contribution in [-0.2, 0) is 25.5 Å². The topological polar surface area (TPSA) is 105 Å². The largest absolute Gasteiger partial charge is 0.480 e. The standard InChI is InChI=1S/C14H14N2O5S2/c17-9(4-8-2-1-3-22-8)15-11(13(18)19)12-16-10-7(6-23-12)5-21-14(10)20/h1-3,11-12,16H,4-6H2,(H,15,17)(H,18,19)/t11-,12-/m1/s1. The number of cyclic esters (lactones) is 1. The first kappa shape index (κ1) is 15.9. The lowest BCUT2D eigenvalue weighted by Gasteiger charge is -2.29. The van der Waals surface area contributed by atoms with Gasteiger partial charge >= 0.3 is 11.9 Å². The Morgan fingerprint density at radius 2 is 2.35 bits per heavy atom. The summed E-state index contributed by atoms with van der Waals surface area (Å²) in [4.78, 5) is 36.0. The molecule has 23 heavy (non-hydrogen) atoms. The molecule has 3 heterocycles. The molecule has 122 valence electrons. The Morgan fingerprint density at radius 1 is 1.52 bits per heavy atom. The lowest BCUT2D eigenvalue weighted by atomic mass is 10.2. The number of rotatable bonds is 5. The van der Waals surface area contributed by atoms with Gasteiger partial charge in [0.1, 0.15) is 17.7 Å². The first-order valence-electron chi connectivity index (χ1n) is 6.86. The van der Waals surface area contributed by atoms with Crippen LogP contribution in [0.25, 0.3) is 0 Å². The van der Waals surface area contributed by atoms with E-state index in [1.807, 2.05) is 17.5 Å². The Hall–Kier alpha value is -2.00. The summed E-state index contributed by atoms with van der Waals surface area (Å²) in [5.41, 5.74) is 1.15. The molecule has 0 unspecified atom stereocenters. The van der Waals surface area contributed by atoms with E-state index in [1.54, 1.807) is 0 Å². The molecule has 1 amide bonds. The quantitative estimate of drug-likeness (QED) is 0.655. The summed E-state index contributed by atoms with van der Waals surface area (Å²) in [6.07, 6.45) is 0.134. The van der Waals surface area contributed by atoms with Gasteiger partial charge in [-0.2, -0.15) is 0 Å². The van der Waals surface area contributed by atoms with E-state index in [4.69, 9.17) is 4.74 Å². The predicted octanol–water partition coefficient (Wildman–Crippen LogP) is 0.333. The molecule has 0 radical (unpaired) electrons. The third-order valence-corrected chi connectivity index (χ3v) is 5.60. The summed E-state index contributed by atoms with van der Waals surface area (Å²) in [6.45, 7) is 0.239. The molecule has 2 aliphatic heterocycles. The van der Waals surface area contributed by atoms with Crippen molar-refractivity contribution in [3.05, 3.63) is 33.7 Å². The average molecular weight is 354 g/mol. The van der Waals surface area contributed by atoms with Crippen molar-refractivity contribution in [1.82, 2.24) is 10.6 Å². The van der Waals surface area contributed by atoms with E-state index in [-0.39, 0.29) is 18.9 Å². The summed E-state index contributed by atoms with van der Waals surface area (Å²) in [5, 5.41) is 16.1. The van der Waals surface area contributed by atoms with Gasteiger partial charge in [0.2, 0.25) is 5.91 Å². The van der Waals surface area contributed by atoms with Crippen LogP contribution in [0, 0.1) is 0 Å². The fourth-order valence-corrected chi connectivity index (χ4v) is 4.22. The minimum Gasteiger partial charge on any atom is -0.480 e. The highest BCUT2D eigenvalue weighted by atomic mass is 32.2. The van der Waals surface area contributed by atoms with Crippen LogP contribution >= 0.6 is 23.1 Å². The van der Waals surface area contributed by atoms with E-state index < -0.39 is 23.4 Å². The van der Waals surface area contributed by atoms with Crippen LogP contribution in [-0.4, -0.2) is 46.7 Å². The van der Waals surface area contributed by atoms with Crippen LogP contribution in [0.3, 0.4) is 0 Å². The monoisotopic (exact) mass is 354 g/mol. The van der Waals surface area contributed by atoms with Crippen molar-refractivity contribution in [3.63, 3.8) is 0 Å². The Bertz CT molecular complexity index is 671. The van der Waals surface area contributed by atoms with Crippen LogP contribution in [0.5, 0.6) is 0 Å². The maximum atomic E-state index is 12.1. The zero-order valence-electron chi connectivity index (χ0n) is 11.9. The zero-order chi connectivity index (χ0) is 16.4. The number of aliphatic carboxylic acids is 1. The molecule has 1 aromatic heterocycles. The molecule has 0 saturated carbocycles. The second kappa shape index (κ2) is 6.63. The molecule has 0 aliphatic carbocycles. The van der Waals surface area contributed by atoms with Crippen molar-refractivity contribution in [2.75, 3.05) is 12.4 Å². The van der Waals surface area contributed by atoms with Crippen molar-refractivity contribution >= 4 is 40.9 Å². The molecule has 0 aromatic carbocycles. The minimum atomic E-state index is -1.15. The van der Waals surface area contributed by atoms with Gasteiger partial charge < -0.3 is 20.5 Å². The van der Waals surface area contributed by atoms with Crippen LogP contribution in [0.2, 0.25) is 0 Å². The Balaban J connectivity index is 1.66. The summed E-state index contributed by atoms with van der Waals surface area (Å²) >= 11 is 2.77. The molecule has 0 saturated heterocycles. The molecular weight excluding hydrogens is 340 g/mol. The fraction of sp³-hybridized carbons (Fsp3) is 0.357. The van der Waals surface area contributed by atoms with Gasteiger partial charge in [0.25, 0.3) is 0 Å². The van der Waals surface area contributed by atoms with Crippen LogP contribution in [0.15, 0.2) is 28.8 Å². The molecule has 7 nitrogen and oxygen atoms in total. The van der Waals surface area contributed by atoms with Crippen LogP contribution in [0.4, 0.5) is 0 Å². The second-order valence-corrected chi connectivity index (χ2v) is 7.23. The normalized spacial score (nSPS) is 21.2. The van der Waals surface area contributed by atoms with E-state index in [0.717, 1.165) is 10.5 Å². The Kier molecular flexibility index (Phi) is 4.58. The van der Waals surface area contributed by atoms with E-state index in [1.165, 1.54) is 23.1 Å². The minimum absolute atomic E-state index is 0.134. The van der Waals surface area contributed by atoms with Crippen molar-refractivity contribution in [2.24, 2.45) is 0 Å². The number of hydrogen-bond donors (Lipinski definition) is 3. The van der Waals surface area contributed by atoms with Crippen molar-refractivity contribution < 1.29 is 24.2 Å². The zero-order valence-corrected chi connectivity index (χ0v) is 13.5. The van der Waals surface area contributed by atoms with Crippen molar-refractivity contribution in [2.45, 2.75) is 17.8 Å². The highest BCUT2D eigenvalue weighted by Crippen LogP contribution is 2.28. The van der Waals surface area contributed by atoms with E-state index in [9.17, 15) is 19.5 Å². The highest BCUT2D eigenvalue weighted by Gasteiger charge is 2.38. The number of nitrogens with one attached hydrogen (secondary N) is 2. The van der Waals surface area contributed by atoms with Crippen molar-refractivity contribution in [3.8, 4) is 0 Å². The SMILES string of the molecule is O=C(Cc1cccs1)N[C@@H](C(=O)O)[C@@H]1NC2=C(COC2=O)CS1. The molecule has 3 rings (SSSR count). The highest BCUT2D eigenvalue weighted by molar-refractivity contribution is 8.00. The first-order valence-corrected chi connectivity index (χ1v) is 8.79. The van der Waals surface area contributed by atoms with Gasteiger partial charge in [-0.05, 0) is 11.4 Å². The summed E-state index contributed by atoms with van der Waals surface area (Å²) in [7, 11) is 0. The number of thioether (sulfide) groups is 1. The van der Waals surface area contributed by atoms with Crippen molar-refractivity contribution in [1.29, 1.82) is 0 Å². The van der Waals surface area contributed by atoms with Gasteiger partial charge in [0.15, 0.2) is 6.04 Å². The van der Waals surface area contributed by atoms with Gasteiger partial charge in [-0.15, -0.1) is 23.1 Å². The van der Waals surface area contributed by atoms with Crippen LogP contribution in [0.1, 0.15) is 4.88 Å². The Labute approximate surface area is 140 Å². The van der Waals surface area contributed by atoms with Gasteiger partial charge in [-0.3, -0.25) is 4.79 Å². The molecule has 0 fully saturated rings. The number of thiophene rings is 1. The predicted molar refractivity (Wildman–Crippen MR) is 85.0 cm³/mol. The molecule has 2 aliphatic rings. The van der Waals surface area contributed by atoms with E-state index >= 15 is 0 Å². The fourth-order valence-electron chi connectivity index (χ4n) is 2.33. The maximum Gasteiger partial charge on any atom is 0.354 e.